The fraction of sp³-hybridized carbons (Fsp3) is 0.133. The van der Waals surface area contributed by atoms with E-state index >= 15 is 0 Å². The third-order valence-electron chi connectivity index (χ3n) is 2.71. The van der Waals surface area contributed by atoms with E-state index in [1.54, 1.807) is 13.1 Å². The predicted molar refractivity (Wildman–Crippen MR) is 70.1 cm³/mol. The van der Waals surface area contributed by atoms with Crippen LogP contribution in [0, 0.1) is 5.82 Å². The van der Waals surface area contributed by atoms with Crippen LogP contribution in [0.4, 0.5) is 4.39 Å². The molecular formula is C15H14FNO. The van der Waals surface area contributed by atoms with Crippen LogP contribution in [0.1, 0.15) is 10.4 Å². The minimum atomic E-state index is -0.317. The van der Waals surface area contributed by atoms with Crippen molar-refractivity contribution in [2.24, 2.45) is 0 Å². The van der Waals surface area contributed by atoms with Gasteiger partial charge in [-0.3, -0.25) is 4.79 Å². The predicted octanol–water partition coefficient (Wildman–Crippen LogP) is 2.89. The second-order valence-corrected chi connectivity index (χ2v) is 4.01. The number of hydrogen-bond donors (Lipinski definition) is 1. The summed E-state index contributed by atoms with van der Waals surface area (Å²) in [6.45, 7) is 0.250. The molecule has 18 heavy (non-hydrogen) atoms. The Balaban J connectivity index is 2.42. The summed E-state index contributed by atoms with van der Waals surface area (Å²) in [5.41, 5.74) is 1.75. The average molecular weight is 243 g/mol. The third-order valence-corrected chi connectivity index (χ3v) is 2.71. The second-order valence-electron chi connectivity index (χ2n) is 4.01. The van der Waals surface area contributed by atoms with Gasteiger partial charge in [0.2, 0.25) is 0 Å². The minimum absolute atomic E-state index is 0.0466. The largest absolute Gasteiger partial charge is 0.313 e. The molecule has 3 heteroatoms. The van der Waals surface area contributed by atoms with Gasteiger partial charge in [0.15, 0.2) is 5.78 Å². The van der Waals surface area contributed by atoms with E-state index in [1.807, 2.05) is 30.3 Å². The van der Waals surface area contributed by atoms with Crippen molar-refractivity contribution in [3.8, 4) is 11.1 Å². The first-order chi connectivity index (χ1) is 8.72. The van der Waals surface area contributed by atoms with Crippen molar-refractivity contribution in [2.75, 3.05) is 13.6 Å². The number of likely N-dealkylation sites (N-methyl/N-ethyl adjacent to an activating group) is 1. The Labute approximate surface area is 105 Å². The van der Waals surface area contributed by atoms with Gasteiger partial charge in [-0.15, -0.1) is 0 Å². The summed E-state index contributed by atoms with van der Waals surface area (Å²) in [7, 11) is 1.71. The molecule has 0 saturated carbocycles. The molecule has 0 aromatic heterocycles. The molecule has 0 atom stereocenters. The molecule has 0 aliphatic heterocycles. The van der Waals surface area contributed by atoms with Crippen LogP contribution >= 0.6 is 0 Å². The van der Waals surface area contributed by atoms with Gasteiger partial charge in [0.25, 0.3) is 0 Å². The van der Waals surface area contributed by atoms with E-state index in [4.69, 9.17) is 0 Å². The van der Waals surface area contributed by atoms with E-state index in [2.05, 4.69) is 5.32 Å². The molecule has 92 valence electrons. The van der Waals surface area contributed by atoms with Gasteiger partial charge in [-0.25, -0.2) is 4.39 Å². The number of ketones is 1. The lowest BCUT2D eigenvalue weighted by Gasteiger charge is -2.06. The monoisotopic (exact) mass is 243 g/mol. The number of carbonyl (C=O) groups is 1. The summed E-state index contributed by atoms with van der Waals surface area (Å²) in [6.07, 6.45) is 0. The summed E-state index contributed by atoms with van der Waals surface area (Å²) in [4.78, 5) is 11.8. The number of benzene rings is 2. The van der Waals surface area contributed by atoms with Crippen LogP contribution in [0.5, 0.6) is 0 Å². The van der Waals surface area contributed by atoms with E-state index in [9.17, 15) is 9.18 Å². The summed E-state index contributed by atoms with van der Waals surface area (Å²) in [5.74, 6) is -0.364. The fourth-order valence-electron chi connectivity index (χ4n) is 1.80. The lowest BCUT2D eigenvalue weighted by Crippen LogP contribution is -2.18. The molecule has 0 aliphatic carbocycles. The average Bonchev–Trinajstić information content (AvgIpc) is 2.40. The first-order valence-corrected chi connectivity index (χ1v) is 5.75. The van der Waals surface area contributed by atoms with Crippen molar-refractivity contribution in [2.45, 2.75) is 0 Å². The SMILES string of the molecule is CNCC(=O)c1ccc(F)c(-c2ccccc2)c1. The molecule has 0 saturated heterocycles. The van der Waals surface area contributed by atoms with Crippen LogP contribution in [-0.2, 0) is 0 Å². The number of halogens is 1. The summed E-state index contributed by atoms with van der Waals surface area (Å²) in [5, 5.41) is 2.80. The van der Waals surface area contributed by atoms with Crippen molar-refractivity contribution in [1.29, 1.82) is 0 Å². The Morgan fingerprint density at radius 3 is 2.56 bits per heavy atom. The van der Waals surface area contributed by atoms with Crippen molar-refractivity contribution in [3.05, 3.63) is 59.9 Å². The number of carbonyl (C=O) groups excluding carboxylic acids is 1. The maximum atomic E-state index is 13.8. The Kier molecular flexibility index (Phi) is 3.85. The van der Waals surface area contributed by atoms with Crippen molar-refractivity contribution in [3.63, 3.8) is 0 Å². The van der Waals surface area contributed by atoms with Crippen molar-refractivity contribution in [1.82, 2.24) is 5.32 Å². The Morgan fingerprint density at radius 2 is 1.89 bits per heavy atom. The first-order valence-electron chi connectivity index (χ1n) is 5.75. The molecule has 2 aromatic rings. The first kappa shape index (κ1) is 12.5. The highest BCUT2D eigenvalue weighted by molar-refractivity contribution is 5.98. The Hall–Kier alpha value is -2.00. The minimum Gasteiger partial charge on any atom is -0.313 e. The van der Waals surface area contributed by atoms with Gasteiger partial charge in [0.05, 0.1) is 6.54 Å². The van der Waals surface area contributed by atoms with E-state index < -0.39 is 0 Å². The fourth-order valence-corrected chi connectivity index (χ4v) is 1.80. The van der Waals surface area contributed by atoms with Gasteiger partial charge in [0, 0.05) is 11.1 Å². The molecule has 0 unspecified atom stereocenters. The zero-order valence-electron chi connectivity index (χ0n) is 10.1. The normalized spacial score (nSPS) is 10.3. The highest BCUT2D eigenvalue weighted by Crippen LogP contribution is 2.23. The Bertz CT molecular complexity index is 552. The van der Waals surface area contributed by atoms with E-state index in [1.165, 1.54) is 12.1 Å². The van der Waals surface area contributed by atoms with E-state index in [0.717, 1.165) is 5.56 Å². The van der Waals surface area contributed by atoms with E-state index in [0.29, 0.717) is 11.1 Å². The van der Waals surface area contributed by atoms with Gasteiger partial charge in [0.1, 0.15) is 5.82 Å². The highest BCUT2D eigenvalue weighted by Gasteiger charge is 2.10. The molecule has 0 amide bonds. The van der Waals surface area contributed by atoms with Gasteiger partial charge >= 0.3 is 0 Å². The lowest BCUT2D eigenvalue weighted by atomic mass is 10.0. The standard InChI is InChI=1S/C15H14FNO/c1-17-10-15(18)12-7-8-14(16)13(9-12)11-5-3-2-4-6-11/h2-9,17H,10H2,1H3. The summed E-state index contributed by atoms with van der Waals surface area (Å²) in [6, 6.07) is 13.7. The number of rotatable bonds is 4. The third kappa shape index (κ3) is 2.63. The molecule has 0 heterocycles. The molecule has 0 fully saturated rings. The number of hydrogen-bond acceptors (Lipinski definition) is 2. The van der Waals surface area contributed by atoms with Crippen LogP contribution in [0.25, 0.3) is 11.1 Å². The molecule has 2 aromatic carbocycles. The lowest BCUT2D eigenvalue weighted by molar-refractivity contribution is 0.0993. The van der Waals surface area contributed by atoms with Crippen LogP contribution in [-0.4, -0.2) is 19.4 Å². The topological polar surface area (TPSA) is 29.1 Å². The van der Waals surface area contributed by atoms with Crippen molar-refractivity contribution >= 4 is 5.78 Å². The Morgan fingerprint density at radius 1 is 1.17 bits per heavy atom. The van der Waals surface area contributed by atoms with Crippen LogP contribution in [0.2, 0.25) is 0 Å². The number of nitrogens with one attached hydrogen (secondary N) is 1. The molecule has 0 radical (unpaired) electrons. The summed E-state index contributed by atoms with van der Waals surface area (Å²) < 4.78 is 13.8. The second kappa shape index (κ2) is 5.56. The molecule has 0 spiro atoms. The van der Waals surface area contributed by atoms with Gasteiger partial charge < -0.3 is 5.32 Å². The molecule has 2 rings (SSSR count). The van der Waals surface area contributed by atoms with Crippen LogP contribution < -0.4 is 5.32 Å². The smallest absolute Gasteiger partial charge is 0.176 e. The zero-order chi connectivity index (χ0) is 13.0. The van der Waals surface area contributed by atoms with E-state index in [-0.39, 0.29) is 18.1 Å². The highest BCUT2D eigenvalue weighted by atomic mass is 19.1. The zero-order valence-corrected chi connectivity index (χ0v) is 10.1. The van der Waals surface area contributed by atoms with Crippen LogP contribution in [0.3, 0.4) is 0 Å². The molecule has 0 aliphatic rings. The maximum absolute atomic E-state index is 13.8. The quantitative estimate of drug-likeness (QED) is 0.836. The van der Waals surface area contributed by atoms with Gasteiger partial charge in [-0.2, -0.15) is 0 Å². The summed E-state index contributed by atoms with van der Waals surface area (Å²) >= 11 is 0. The number of Topliss-reactive ketones (excluding diaryl/α,β-unsaturated/α-hetero) is 1. The molecule has 1 N–H and O–H groups in total. The molecule has 2 nitrogen and oxygen atoms in total. The van der Waals surface area contributed by atoms with Gasteiger partial charge in [-0.1, -0.05) is 30.3 Å². The van der Waals surface area contributed by atoms with Crippen LogP contribution in [0.15, 0.2) is 48.5 Å². The van der Waals surface area contributed by atoms with Crippen molar-refractivity contribution < 1.29 is 9.18 Å². The molecule has 0 bridgehead atoms. The maximum Gasteiger partial charge on any atom is 0.176 e. The molecular weight excluding hydrogens is 229 g/mol. The van der Waals surface area contributed by atoms with Gasteiger partial charge in [-0.05, 0) is 30.8 Å².